The van der Waals surface area contributed by atoms with Crippen LogP contribution in [0.1, 0.15) is 47.4 Å². The Hall–Kier alpha value is -2.21. The number of amides is 1. The maximum Gasteiger partial charge on any atom is 0.226 e. The first-order valence-electron chi connectivity index (χ1n) is 7.53. The molecule has 1 aliphatic carbocycles. The van der Waals surface area contributed by atoms with E-state index in [0.29, 0.717) is 18.2 Å². The lowest BCUT2D eigenvalue weighted by Gasteiger charge is -2.21. The molecule has 5 rings (SSSR count). The van der Waals surface area contributed by atoms with Crippen LogP contribution in [-0.2, 0) is 4.79 Å². The molecular weight excluding hydrogens is 296 g/mol. The summed E-state index contributed by atoms with van der Waals surface area (Å²) >= 11 is 1.68. The lowest BCUT2D eigenvalue weighted by Crippen LogP contribution is -2.23. The Kier molecular flexibility index (Phi) is 2.47. The van der Waals surface area contributed by atoms with Crippen LogP contribution in [0.5, 0.6) is 0 Å². The van der Waals surface area contributed by atoms with Gasteiger partial charge in [-0.2, -0.15) is 5.10 Å². The average Bonchev–Trinajstić information content (AvgIpc) is 3.13. The van der Waals surface area contributed by atoms with Gasteiger partial charge in [-0.05, 0) is 25.0 Å². The maximum absolute atomic E-state index is 12.0. The van der Waals surface area contributed by atoms with Crippen molar-refractivity contribution in [2.45, 2.75) is 31.1 Å². The first kappa shape index (κ1) is 12.3. The summed E-state index contributed by atoms with van der Waals surface area (Å²) in [5, 5.41) is 11.4. The van der Waals surface area contributed by atoms with Gasteiger partial charge < -0.3 is 5.32 Å². The fourth-order valence-electron chi connectivity index (χ4n) is 3.22. The van der Waals surface area contributed by atoms with E-state index >= 15 is 0 Å². The minimum atomic E-state index is 0.0191. The molecule has 1 atom stereocenters. The molecule has 22 heavy (non-hydrogen) atoms. The number of carbonyl (C=O) groups is 1. The summed E-state index contributed by atoms with van der Waals surface area (Å²) < 4.78 is 1.17. The number of nitrogens with one attached hydrogen (secondary N) is 2. The van der Waals surface area contributed by atoms with E-state index in [1.807, 2.05) is 18.2 Å². The summed E-state index contributed by atoms with van der Waals surface area (Å²) in [6.45, 7) is 0. The number of fused-ring (bicyclic) bond motifs is 2. The smallest absolute Gasteiger partial charge is 0.226 e. The largest absolute Gasteiger partial charge is 0.309 e. The zero-order valence-electron chi connectivity index (χ0n) is 11.8. The van der Waals surface area contributed by atoms with Gasteiger partial charge in [0.1, 0.15) is 5.01 Å². The van der Waals surface area contributed by atoms with E-state index in [0.717, 1.165) is 16.1 Å². The SMILES string of the molecule is O=C1CC(c2nc3ccccc3s2)c2c(n[nH]c2C2CC2)N1. The summed E-state index contributed by atoms with van der Waals surface area (Å²) in [5.41, 5.74) is 3.35. The van der Waals surface area contributed by atoms with Gasteiger partial charge in [0.25, 0.3) is 0 Å². The molecule has 5 nitrogen and oxygen atoms in total. The van der Waals surface area contributed by atoms with E-state index in [1.54, 1.807) is 11.3 Å². The van der Waals surface area contributed by atoms with Gasteiger partial charge in [0.15, 0.2) is 5.82 Å². The Morgan fingerprint density at radius 2 is 2.09 bits per heavy atom. The molecule has 0 bridgehead atoms. The monoisotopic (exact) mass is 310 g/mol. The van der Waals surface area contributed by atoms with Crippen LogP contribution in [-0.4, -0.2) is 21.1 Å². The van der Waals surface area contributed by atoms with E-state index < -0.39 is 0 Å². The van der Waals surface area contributed by atoms with Crippen molar-refractivity contribution < 1.29 is 4.79 Å². The Labute approximate surface area is 130 Å². The number of hydrogen-bond donors (Lipinski definition) is 2. The van der Waals surface area contributed by atoms with Gasteiger partial charge in [-0.25, -0.2) is 4.98 Å². The Bertz CT molecular complexity index is 860. The van der Waals surface area contributed by atoms with Crippen LogP contribution in [0.4, 0.5) is 5.82 Å². The predicted molar refractivity (Wildman–Crippen MR) is 85.3 cm³/mol. The molecule has 110 valence electrons. The molecule has 1 aliphatic heterocycles. The lowest BCUT2D eigenvalue weighted by molar-refractivity contribution is -0.116. The highest BCUT2D eigenvalue weighted by molar-refractivity contribution is 7.18. The molecule has 0 saturated heterocycles. The summed E-state index contributed by atoms with van der Waals surface area (Å²) in [7, 11) is 0. The van der Waals surface area contributed by atoms with Crippen LogP contribution in [0.2, 0.25) is 0 Å². The highest BCUT2D eigenvalue weighted by Gasteiger charge is 2.38. The summed E-state index contributed by atoms with van der Waals surface area (Å²) in [4.78, 5) is 16.8. The molecule has 1 unspecified atom stereocenters. The third kappa shape index (κ3) is 1.80. The molecule has 1 amide bonds. The van der Waals surface area contributed by atoms with Crippen molar-refractivity contribution in [3.8, 4) is 0 Å². The highest BCUT2D eigenvalue weighted by Crippen LogP contribution is 2.48. The third-order valence-corrected chi connectivity index (χ3v) is 5.57. The zero-order valence-corrected chi connectivity index (χ0v) is 12.6. The number of carbonyl (C=O) groups excluding carboxylic acids is 1. The van der Waals surface area contributed by atoms with Gasteiger partial charge in [0, 0.05) is 23.6 Å². The van der Waals surface area contributed by atoms with Crippen LogP contribution < -0.4 is 5.32 Å². The molecule has 3 aromatic rings. The van der Waals surface area contributed by atoms with Crippen LogP contribution in [0.3, 0.4) is 0 Å². The number of anilines is 1. The zero-order chi connectivity index (χ0) is 14.7. The number of hydrogen-bond acceptors (Lipinski definition) is 4. The number of rotatable bonds is 2. The standard InChI is InChI=1S/C16H14N4OS/c21-12-7-9(16-17-10-3-1-2-4-11(10)22-16)13-14(8-5-6-8)19-20-15(13)18-12/h1-4,8-9H,5-7H2,(H2,18,19,20,21). The first-order valence-corrected chi connectivity index (χ1v) is 8.34. The molecule has 1 aromatic carbocycles. The van der Waals surface area contributed by atoms with Crippen molar-refractivity contribution in [1.82, 2.24) is 15.2 Å². The Morgan fingerprint density at radius 3 is 2.91 bits per heavy atom. The van der Waals surface area contributed by atoms with Crippen molar-refractivity contribution in [1.29, 1.82) is 0 Å². The molecule has 0 radical (unpaired) electrons. The molecule has 6 heteroatoms. The predicted octanol–water partition coefficient (Wildman–Crippen LogP) is 3.37. The normalized spacial score (nSPS) is 20.9. The van der Waals surface area contributed by atoms with Crippen LogP contribution in [0.25, 0.3) is 10.2 Å². The molecule has 2 N–H and O–H groups in total. The van der Waals surface area contributed by atoms with E-state index in [1.165, 1.54) is 23.2 Å². The second-order valence-corrected chi connectivity index (χ2v) is 7.06. The average molecular weight is 310 g/mol. The van der Waals surface area contributed by atoms with Gasteiger partial charge in [0.05, 0.1) is 16.1 Å². The number of thiazole rings is 1. The van der Waals surface area contributed by atoms with Gasteiger partial charge in [-0.1, -0.05) is 12.1 Å². The molecule has 3 heterocycles. The molecular formula is C16H14N4OS. The first-order chi connectivity index (χ1) is 10.8. The number of aromatic amines is 1. The van der Waals surface area contributed by atoms with Gasteiger partial charge in [0.2, 0.25) is 5.91 Å². The quantitative estimate of drug-likeness (QED) is 0.762. The minimum Gasteiger partial charge on any atom is -0.309 e. The van der Waals surface area contributed by atoms with Gasteiger partial charge >= 0.3 is 0 Å². The van der Waals surface area contributed by atoms with Crippen molar-refractivity contribution in [3.05, 3.63) is 40.5 Å². The molecule has 1 fully saturated rings. The summed E-state index contributed by atoms with van der Waals surface area (Å²) in [6, 6.07) is 8.13. The highest BCUT2D eigenvalue weighted by atomic mass is 32.1. The number of aromatic nitrogens is 3. The summed E-state index contributed by atoms with van der Waals surface area (Å²) in [5.74, 6) is 1.31. The van der Waals surface area contributed by atoms with Gasteiger partial charge in [-0.3, -0.25) is 9.89 Å². The fourth-order valence-corrected chi connectivity index (χ4v) is 4.29. The Balaban J connectivity index is 1.68. The number of para-hydroxylation sites is 1. The number of benzene rings is 1. The van der Waals surface area contributed by atoms with Crippen molar-refractivity contribution in [3.63, 3.8) is 0 Å². The van der Waals surface area contributed by atoms with Crippen molar-refractivity contribution in [2.24, 2.45) is 0 Å². The van der Waals surface area contributed by atoms with E-state index in [-0.39, 0.29) is 11.8 Å². The van der Waals surface area contributed by atoms with E-state index in [9.17, 15) is 4.79 Å². The molecule has 2 aliphatic rings. The van der Waals surface area contributed by atoms with Crippen LogP contribution in [0.15, 0.2) is 24.3 Å². The number of H-pyrrole nitrogens is 1. The fraction of sp³-hybridized carbons (Fsp3) is 0.312. The second kappa shape index (κ2) is 4.39. The van der Waals surface area contributed by atoms with E-state index in [2.05, 4.69) is 21.6 Å². The topological polar surface area (TPSA) is 70.7 Å². The van der Waals surface area contributed by atoms with Crippen LogP contribution in [0, 0.1) is 0 Å². The Morgan fingerprint density at radius 1 is 1.23 bits per heavy atom. The maximum atomic E-state index is 12.0. The van der Waals surface area contributed by atoms with Gasteiger partial charge in [-0.15, -0.1) is 11.3 Å². The molecule has 1 saturated carbocycles. The third-order valence-electron chi connectivity index (χ3n) is 4.42. The van der Waals surface area contributed by atoms with Crippen molar-refractivity contribution in [2.75, 3.05) is 5.32 Å². The molecule has 0 spiro atoms. The molecule has 2 aromatic heterocycles. The number of nitrogens with zero attached hydrogens (tertiary/aromatic N) is 2. The van der Waals surface area contributed by atoms with Crippen molar-refractivity contribution >= 4 is 33.3 Å². The lowest BCUT2D eigenvalue weighted by atomic mass is 9.91. The van der Waals surface area contributed by atoms with Crippen LogP contribution >= 0.6 is 11.3 Å². The van der Waals surface area contributed by atoms with E-state index in [4.69, 9.17) is 4.98 Å². The summed E-state index contributed by atoms with van der Waals surface area (Å²) in [6.07, 6.45) is 2.86. The minimum absolute atomic E-state index is 0.0191. The second-order valence-electron chi connectivity index (χ2n) is 6.00.